The molecule has 2 aliphatic rings. The van der Waals surface area contributed by atoms with E-state index in [1.807, 2.05) is 7.11 Å². The maximum Gasteiger partial charge on any atom is 0.0618 e. The maximum atomic E-state index is 5.43. The molecule has 2 atom stereocenters. The van der Waals surface area contributed by atoms with Crippen LogP contribution in [0.4, 0.5) is 0 Å². The number of rotatable bonds is 5. The van der Waals surface area contributed by atoms with Crippen molar-refractivity contribution in [1.29, 1.82) is 0 Å². The first-order chi connectivity index (χ1) is 8.85. The van der Waals surface area contributed by atoms with Gasteiger partial charge in [-0.1, -0.05) is 19.8 Å². The van der Waals surface area contributed by atoms with Crippen LogP contribution in [0.15, 0.2) is 0 Å². The Labute approximate surface area is 112 Å². The van der Waals surface area contributed by atoms with Gasteiger partial charge in [0.25, 0.3) is 0 Å². The standard InChI is InChI=1S/C15H30N2O/c1-3-7-15(13-18-2)17-11-6-10-16-9-5-4-8-14(16)12-17/h14-15H,3-13H2,1-2H3. The lowest BCUT2D eigenvalue weighted by Crippen LogP contribution is -2.47. The third-order valence-electron chi connectivity index (χ3n) is 4.58. The van der Waals surface area contributed by atoms with Crippen molar-refractivity contribution in [3.05, 3.63) is 0 Å². The van der Waals surface area contributed by atoms with Gasteiger partial charge in [0.2, 0.25) is 0 Å². The van der Waals surface area contributed by atoms with Gasteiger partial charge in [-0.3, -0.25) is 9.80 Å². The van der Waals surface area contributed by atoms with Gasteiger partial charge in [0.15, 0.2) is 0 Å². The van der Waals surface area contributed by atoms with Gasteiger partial charge in [-0.15, -0.1) is 0 Å². The van der Waals surface area contributed by atoms with Crippen molar-refractivity contribution in [3.63, 3.8) is 0 Å². The summed E-state index contributed by atoms with van der Waals surface area (Å²) in [5, 5.41) is 0. The summed E-state index contributed by atoms with van der Waals surface area (Å²) in [7, 11) is 1.84. The fourth-order valence-electron chi connectivity index (χ4n) is 3.63. The zero-order valence-electron chi connectivity index (χ0n) is 12.2. The highest BCUT2D eigenvalue weighted by Gasteiger charge is 2.29. The molecule has 2 saturated heterocycles. The number of hydrogen-bond acceptors (Lipinski definition) is 3. The van der Waals surface area contributed by atoms with Crippen LogP contribution in [0.2, 0.25) is 0 Å². The van der Waals surface area contributed by atoms with Gasteiger partial charge < -0.3 is 4.74 Å². The van der Waals surface area contributed by atoms with Crippen molar-refractivity contribution in [2.45, 2.75) is 57.5 Å². The molecule has 0 aromatic rings. The van der Waals surface area contributed by atoms with E-state index in [0.717, 1.165) is 12.6 Å². The van der Waals surface area contributed by atoms with Crippen LogP contribution in [0.1, 0.15) is 45.4 Å². The highest BCUT2D eigenvalue weighted by atomic mass is 16.5. The summed E-state index contributed by atoms with van der Waals surface area (Å²) in [6.07, 6.45) is 8.12. The molecule has 0 amide bonds. The van der Waals surface area contributed by atoms with Crippen LogP contribution >= 0.6 is 0 Å². The number of nitrogens with zero attached hydrogens (tertiary/aromatic N) is 2. The summed E-state index contributed by atoms with van der Waals surface area (Å²) in [6, 6.07) is 1.46. The van der Waals surface area contributed by atoms with Gasteiger partial charge in [-0.2, -0.15) is 0 Å². The fraction of sp³-hybridized carbons (Fsp3) is 1.00. The number of hydrogen-bond donors (Lipinski definition) is 0. The molecule has 2 rings (SSSR count). The summed E-state index contributed by atoms with van der Waals surface area (Å²) >= 11 is 0. The predicted molar refractivity (Wildman–Crippen MR) is 76.0 cm³/mol. The number of ether oxygens (including phenoxy) is 1. The van der Waals surface area contributed by atoms with E-state index in [-0.39, 0.29) is 0 Å². The van der Waals surface area contributed by atoms with Crippen LogP contribution in [-0.4, -0.2) is 61.8 Å². The van der Waals surface area contributed by atoms with E-state index in [4.69, 9.17) is 4.74 Å². The maximum absolute atomic E-state index is 5.43. The molecule has 0 aromatic heterocycles. The van der Waals surface area contributed by atoms with E-state index >= 15 is 0 Å². The van der Waals surface area contributed by atoms with Crippen LogP contribution < -0.4 is 0 Å². The van der Waals surface area contributed by atoms with Crippen LogP contribution in [0.25, 0.3) is 0 Å². The van der Waals surface area contributed by atoms with Gasteiger partial charge in [-0.25, -0.2) is 0 Å². The highest BCUT2D eigenvalue weighted by molar-refractivity contribution is 4.85. The molecule has 0 saturated carbocycles. The zero-order chi connectivity index (χ0) is 12.8. The molecule has 0 aromatic carbocycles. The highest BCUT2D eigenvalue weighted by Crippen LogP contribution is 2.23. The molecule has 3 heteroatoms. The first-order valence-corrected chi connectivity index (χ1v) is 7.82. The van der Waals surface area contributed by atoms with Crippen molar-refractivity contribution in [3.8, 4) is 0 Å². The molecule has 0 spiro atoms. The smallest absolute Gasteiger partial charge is 0.0618 e. The first-order valence-electron chi connectivity index (χ1n) is 7.82. The number of fused-ring (bicyclic) bond motifs is 1. The lowest BCUT2D eigenvalue weighted by Gasteiger charge is -2.37. The molecule has 2 aliphatic heterocycles. The van der Waals surface area contributed by atoms with Gasteiger partial charge >= 0.3 is 0 Å². The molecule has 0 aliphatic carbocycles. The largest absolute Gasteiger partial charge is 0.383 e. The molecule has 2 heterocycles. The van der Waals surface area contributed by atoms with Crippen molar-refractivity contribution in [2.75, 3.05) is 39.9 Å². The van der Waals surface area contributed by atoms with Crippen molar-refractivity contribution in [1.82, 2.24) is 9.80 Å². The molecule has 106 valence electrons. The van der Waals surface area contributed by atoms with E-state index in [9.17, 15) is 0 Å². The van der Waals surface area contributed by atoms with E-state index < -0.39 is 0 Å². The molecular formula is C15H30N2O. The van der Waals surface area contributed by atoms with Crippen LogP contribution in [0.3, 0.4) is 0 Å². The molecule has 2 unspecified atom stereocenters. The van der Waals surface area contributed by atoms with Crippen molar-refractivity contribution < 1.29 is 4.74 Å². The second-order valence-electron chi connectivity index (χ2n) is 5.93. The minimum Gasteiger partial charge on any atom is -0.383 e. The fourth-order valence-corrected chi connectivity index (χ4v) is 3.63. The van der Waals surface area contributed by atoms with Crippen LogP contribution in [-0.2, 0) is 4.74 Å². The Kier molecular flexibility index (Phi) is 5.93. The molecule has 0 N–H and O–H groups in total. The second kappa shape index (κ2) is 7.46. The Morgan fingerprint density at radius 1 is 1.17 bits per heavy atom. The normalized spacial score (nSPS) is 28.7. The van der Waals surface area contributed by atoms with Crippen molar-refractivity contribution >= 4 is 0 Å². The molecule has 0 radical (unpaired) electrons. The third kappa shape index (κ3) is 3.69. The van der Waals surface area contributed by atoms with E-state index in [1.54, 1.807) is 0 Å². The minimum atomic E-state index is 0.641. The lowest BCUT2D eigenvalue weighted by molar-refractivity contribution is 0.0679. The van der Waals surface area contributed by atoms with E-state index in [2.05, 4.69) is 16.7 Å². The quantitative estimate of drug-likeness (QED) is 0.749. The third-order valence-corrected chi connectivity index (χ3v) is 4.58. The Bertz CT molecular complexity index is 229. The molecule has 0 bridgehead atoms. The average molecular weight is 254 g/mol. The molecule has 18 heavy (non-hydrogen) atoms. The average Bonchev–Trinajstić information content (AvgIpc) is 2.60. The monoisotopic (exact) mass is 254 g/mol. The zero-order valence-corrected chi connectivity index (χ0v) is 12.2. The summed E-state index contributed by atoms with van der Waals surface area (Å²) < 4.78 is 5.43. The Morgan fingerprint density at radius 3 is 2.78 bits per heavy atom. The first kappa shape index (κ1) is 14.3. The Balaban J connectivity index is 1.94. The van der Waals surface area contributed by atoms with Crippen molar-refractivity contribution in [2.24, 2.45) is 0 Å². The van der Waals surface area contributed by atoms with Gasteiger partial charge in [0, 0.05) is 25.7 Å². The van der Waals surface area contributed by atoms with E-state index in [0.29, 0.717) is 6.04 Å². The molecule has 3 nitrogen and oxygen atoms in total. The predicted octanol–water partition coefficient (Wildman–Crippen LogP) is 2.36. The number of piperidine rings is 1. The minimum absolute atomic E-state index is 0.641. The van der Waals surface area contributed by atoms with Gasteiger partial charge in [0.1, 0.15) is 0 Å². The second-order valence-corrected chi connectivity index (χ2v) is 5.93. The topological polar surface area (TPSA) is 15.7 Å². The summed E-state index contributed by atoms with van der Waals surface area (Å²) in [4.78, 5) is 5.45. The number of methoxy groups -OCH3 is 1. The summed E-state index contributed by atoms with van der Waals surface area (Å²) in [5.74, 6) is 0. The summed E-state index contributed by atoms with van der Waals surface area (Å²) in [5.41, 5.74) is 0. The van der Waals surface area contributed by atoms with Crippen LogP contribution in [0, 0.1) is 0 Å². The van der Waals surface area contributed by atoms with Crippen LogP contribution in [0.5, 0.6) is 0 Å². The lowest BCUT2D eigenvalue weighted by atomic mass is 10.0. The van der Waals surface area contributed by atoms with E-state index in [1.165, 1.54) is 64.7 Å². The summed E-state index contributed by atoms with van der Waals surface area (Å²) in [6.45, 7) is 8.37. The Morgan fingerprint density at radius 2 is 2.00 bits per heavy atom. The molecular weight excluding hydrogens is 224 g/mol. The molecule has 2 fully saturated rings. The Hall–Kier alpha value is -0.120. The van der Waals surface area contributed by atoms with Gasteiger partial charge in [0.05, 0.1) is 6.61 Å². The SMILES string of the molecule is CCCC(COC)N1CCCN2CCCCC2C1. The van der Waals surface area contributed by atoms with Gasteiger partial charge in [-0.05, 0) is 45.3 Å².